The minimum absolute atomic E-state index is 0.178. The van der Waals surface area contributed by atoms with Crippen molar-refractivity contribution in [1.29, 1.82) is 0 Å². The van der Waals surface area contributed by atoms with Crippen molar-refractivity contribution in [3.05, 3.63) is 0 Å². The molecule has 3 heteroatoms. The molecule has 0 radical (unpaired) electrons. The molecule has 0 aromatic carbocycles. The van der Waals surface area contributed by atoms with Crippen molar-refractivity contribution in [2.45, 2.75) is 24.1 Å². The molecule has 1 unspecified atom stereocenters. The molecule has 1 atom stereocenters. The van der Waals surface area contributed by atoms with Crippen molar-refractivity contribution in [3.8, 4) is 0 Å². The summed E-state index contributed by atoms with van der Waals surface area (Å²) in [4.78, 5) is 2.18. The first-order valence-electron chi connectivity index (χ1n) is 2.66. The Morgan fingerprint density at radius 1 is 1.50 bits per heavy atom. The molecular weight excluding hydrogens is 215 g/mol. The standard InChI is InChI=1S/C5H14IN2/c1-4(2)8-5(7)6-3/h4-5,8H,7H2,1-3H3/q-1. The van der Waals surface area contributed by atoms with E-state index < -0.39 is 0 Å². The van der Waals surface area contributed by atoms with Crippen LogP contribution in [0.25, 0.3) is 0 Å². The van der Waals surface area contributed by atoms with Gasteiger partial charge in [0.1, 0.15) is 0 Å². The van der Waals surface area contributed by atoms with Crippen molar-refractivity contribution in [1.82, 2.24) is 5.32 Å². The Bertz CT molecular complexity index is 56.4. The van der Waals surface area contributed by atoms with Crippen molar-refractivity contribution < 1.29 is 21.2 Å². The number of halogens is 1. The van der Waals surface area contributed by atoms with E-state index in [1.807, 2.05) is 0 Å². The molecule has 0 rings (SSSR count). The summed E-state index contributed by atoms with van der Waals surface area (Å²) in [6.45, 7) is 4.22. The SMILES string of the molecule is C[I-]C(N)NC(C)C. The fourth-order valence-electron chi connectivity index (χ4n) is 0.381. The molecule has 52 valence electrons. The van der Waals surface area contributed by atoms with E-state index in [9.17, 15) is 0 Å². The first-order chi connectivity index (χ1) is 3.66. The van der Waals surface area contributed by atoms with Crippen molar-refractivity contribution in [3.63, 3.8) is 0 Å². The average molecular weight is 229 g/mol. The number of rotatable bonds is 3. The number of nitrogens with one attached hydrogen (secondary N) is 1. The van der Waals surface area contributed by atoms with E-state index >= 15 is 0 Å². The molecule has 0 spiro atoms. The molecule has 0 aromatic rings. The molecule has 0 amide bonds. The van der Waals surface area contributed by atoms with E-state index in [1.54, 1.807) is 0 Å². The van der Waals surface area contributed by atoms with E-state index in [0.717, 1.165) is 0 Å². The normalized spacial score (nSPS) is 15.1. The predicted molar refractivity (Wildman–Crippen MR) is 32.2 cm³/mol. The van der Waals surface area contributed by atoms with Gasteiger partial charge in [-0.15, -0.1) is 0 Å². The zero-order valence-corrected chi connectivity index (χ0v) is 7.77. The molecular formula is C5H14IN2-. The van der Waals surface area contributed by atoms with Gasteiger partial charge in [-0.3, -0.25) is 0 Å². The molecule has 0 saturated heterocycles. The van der Waals surface area contributed by atoms with Crippen LogP contribution in [0.15, 0.2) is 0 Å². The second-order valence-electron chi connectivity index (χ2n) is 1.94. The quantitative estimate of drug-likeness (QED) is 0.233. The Balaban J connectivity index is 3.10. The van der Waals surface area contributed by atoms with Crippen LogP contribution in [0.1, 0.15) is 13.8 Å². The van der Waals surface area contributed by atoms with Gasteiger partial charge < -0.3 is 0 Å². The molecule has 0 aliphatic carbocycles. The maximum atomic E-state index is 5.61. The first-order valence-corrected chi connectivity index (χ1v) is 6.06. The van der Waals surface area contributed by atoms with Gasteiger partial charge in [-0.05, 0) is 0 Å². The summed E-state index contributed by atoms with van der Waals surface area (Å²) in [7, 11) is 0. The summed E-state index contributed by atoms with van der Waals surface area (Å²) in [5, 5.41) is 3.22. The van der Waals surface area contributed by atoms with Crippen LogP contribution in [0.5, 0.6) is 0 Å². The van der Waals surface area contributed by atoms with Gasteiger partial charge in [0, 0.05) is 0 Å². The van der Waals surface area contributed by atoms with E-state index in [0.29, 0.717) is 6.04 Å². The third-order valence-corrected chi connectivity index (χ3v) is 2.43. The Labute approximate surface area is 61.5 Å². The zero-order valence-electron chi connectivity index (χ0n) is 5.61. The van der Waals surface area contributed by atoms with Crippen LogP contribution in [0.2, 0.25) is 0 Å². The Kier molecular flexibility index (Phi) is 4.89. The molecule has 0 aliphatic rings. The third-order valence-electron chi connectivity index (χ3n) is 0.728. The van der Waals surface area contributed by atoms with E-state index in [1.165, 1.54) is 0 Å². The summed E-state index contributed by atoms with van der Waals surface area (Å²) < 4.78 is 0.286. The summed E-state index contributed by atoms with van der Waals surface area (Å²) in [5.74, 6) is 0. The average Bonchev–Trinajstić information content (AvgIpc) is 1.65. The second kappa shape index (κ2) is 4.52. The van der Waals surface area contributed by atoms with Crippen molar-refractivity contribution in [2.24, 2.45) is 5.73 Å². The van der Waals surface area contributed by atoms with Gasteiger partial charge in [-0.2, -0.15) is 0 Å². The fourth-order valence-corrected chi connectivity index (χ4v) is 1.46. The Hall–Kier alpha value is 0.650. The monoisotopic (exact) mass is 229 g/mol. The topological polar surface area (TPSA) is 38.0 Å². The van der Waals surface area contributed by atoms with Gasteiger partial charge in [0.2, 0.25) is 0 Å². The third kappa shape index (κ3) is 4.80. The summed E-state index contributed by atoms with van der Waals surface area (Å²) in [5.41, 5.74) is 5.61. The molecule has 8 heavy (non-hydrogen) atoms. The summed E-state index contributed by atoms with van der Waals surface area (Å²) in [6.07, 6.45) is 0. The van der Waals surface area contributed by atoms with E-state index in [2.05, 4.69) is 24.1 Å². The van der Waals surface area contributed by atoms with E-state index in [-0.39, 0.29) is 25.4 Å². The molecule has 2 nitrogen and oxygen atoms in total. The van der Waals surface area contributed by atoms with Gasteiger partial charge in [0.05, 0.1) is 0 Å². The van der Waals surface area contributed by atoms with Crippen molar-refractivity contribution in [2.75, 3.05) is 4.93 Å². The van der Waals surface area contributed by atoms with Gasteiger partial charge >= 0.3 is 61.2 Å². The predicted octanol–water partition coefficient (Wildman–Crippen LogP) is -3.05. The molecule has 0 fully saturated rings. The maximum absolute atomic E-state index is 5.61. The van der Waals surface area contributed by atoms with Crippen LogP contribution < -0.4 is 32.3 Å². The van der Waals surface area contributed by atoms with Gasteiger partial charge in [-0.25, -0.2) is 0 Å². The molecule has 0 saturated carbocycles. The summed E-state index contributed by atoms with van der Waals surface area (Å²) in [6, 6.07) is 0.532. The van der Waals surface area contributed by atoms with Crippen LogP contribution >= 0.6 is 0 Å². The van der Waals surface area contributed by atoms with Crippen LogP contribution in [-0.2, 0) is 0 Å². The van der Waals surface area contributed by atoms with Crippen LogP contribution in [0.4, 0.5) is 0 Å². The van der Waals surface area contributed by atoms with E-state index in [4.69, 9.17) is 5.73 Å². The number of nitrogens with two attached hydrogens (primary N) is 1. The van der Waals surface area contributed by atoms with Crippen LogP contribution in [0.3, 0.4) is 0 Å². The number of alkyl halides is 2. The van der Waals surface area contributed by atoms with Crippen LogP contribution in [0, 0.1) is 0 Å². The molecule has 0 bridgehead atoms. The van der Waals surface area contributed by atoms with Crippen LogP contribution in [-0.4, -0.2) is 15.1 Å². The van der Waals surface area contributed by atoms with Gasteiger partial charge in [0.25, 0.3) is 0 Å². The number of hydrogen-bond donors (Lipinski definition) is 2. The molecule has 3 N–H and O–H groups in total. The molecule has 0 heterocycles. The first kappa shape index (κ1) is 8.65. The number of hydrogen-bond acceptors (Lipinski definition) is 2. The molecule has 0 aromatic heterocycles. The van der Waals surface area contributed by atoms with Crippen molar-refractivity contribution >= 4 is 0 Å². The molecule has 0 aliphatic heterocycles. The fraction of sp³-hybridized carbons (Fsp3) is 1.00. The van der Waals surface area contributed by atoms with Gasteiger partial charge in [-0.1, -0.05) is 0 Å². The second-order valence-corrected chi connectivity index (χ2v) is 4.53. The zero-order chi connectivity index (χ0) is 6.57. The summed E-state index contributed by atoms with van der Waals surface area (Å²) >= 11 is 0.178. The minimum atomic E-state index is 0.178. The Morgan fingerprint density at radius 2 is 2.00 bits per heavy atom. The van der Waals surface area contributed by atoms with Gasteiger partial charge in [0.15, 0.2) is 0 Å². The Morgan fingerprint density at radius 3 is 2.12 bits per heavy atom.